The second kappa shape index (κ2) is 8.72. The Morgan fingerprint density at radius 3 is 2.65 bits per heavy atom. The number of sulfonamides is 1. The van der Waals surface area contributed by atoms with E-state index < -0.39 is 10.0 Å². The maximum absolute atomic E-state index is 13.0. The summed E-state index contributed by atoms with van der Waals surface area (Å²) in [6.07, 6.45) is 4.44. The van der Waals surface area contributed by atoms with Crippen LogP contribution >= 0.6 is 0 Å². The smallest absolute Gasteiger partial charge is 0.243 e. The molecule has 8 heteroatoms. The van der Waals surface area contributed by atoms with Crippen molar-refractivity contribution in [2.24, 2.45) is 0 Å². The maximum Gasteiger partial charge on any atom is 0.243 e. The number of nitrogens with zero attached hydrogens (tertiary/aromatic N) is 1. The molecule has 1 aliphatic rings. The van der Waals surface area contributed by atoms with Crippen molar-refractivity contribution >= 4 is 32.6 Å². The molecule has 0 bridgehead atoms. The fourth-order valence-corrected chi connectivity index (χ4v) is 5.44. The van der Waals surface area contributed by atoms with Gasteiger partial charge in [-0.25, -0.2) is 8.42 Å². The Labute approximate surface area is 182 Å². The third-order valence-corrected chi connectivity index (χ3v) is 7.45. The van der Waals surface area contributed by atoms with E-state index in [1.807, 2.05) is 25.1 Å². The Kier molecular flexibility index (Phi) is 6.02. The van der Waals surface area contributed by atoms with Gasteiger partial charge in [0.05, 0.1) is 30.4 Å². The number of amides is 1. The molecule has 0 spiro atoms. The highest BCUT2D eigenvalue weighted by molar-refractivity contribution is 7.89. The summed E-state index contributed by atoms with van der Waals surface area (Å²) in [5, 5.41) is 3.69. The first kappa shape index (κ1) is 21.4. The van der Waals surface area contributed by atoms with Crippen LogP contribution in [-0.4, -0.2) is 38.8 Å². The van der Waals surface area contributed by atoms with Gasteiger partial charge >= 0.3 is 0 Å². The van der Waals surface area contributed by atoms with Crippen LogP contribution in [-0.2, 0) is 21.2 Å². The highest BCUT2D eigenvalue weighted by Gasteiger charge is 2.27. The molecule has 0 aliphatic carbocycles. The van der Waals surface area contributed by atoms with E-state index in [4.69, 9.17) is 9.15 Å². The molecule has 0 saturated carbocycles. The number of ether oxygens (including phenoxy) is 1. The van der Waals surface area contributed by atoms with Crippen molar-refractivity contribution in [3.05, 3.63) is 53.8 Å². The summed E-state index contributed by atoms with van der Waals surface area (Å²) in [7, 11) is -2.13. The Morgan fingerprint density at radius 1 is 1.13 bits per heavy atom. The molecule has 3 aromatic rings. The lowest BCUT2D eigenvalue weighted by Gasteiger charge is -2.26. The van der Waals surface area contributed by atoms with Gasteiger partial charge in [-0.3, -0.25) is 4.79 Å². The van der Waals surface area contributed by atoms with Gasteiger partial charge in [0, 0.05) is 24.0 Å². The van der Waals surface area contributed by atoms with E-state index in [0.29, 0.717) is 24.5 Å². The summed E-state index contributed by atoms with van der Waals surface area (Å²) in [5.41, 5.74) is 2.90. The number of carbonyl (C=O) groups excluding carboxylic acids is 1. The van der Waals surface area contributed by atoms with E-state index in [9.17, 15) is 13.2 Å². The highest BCUT2D eigenvalue weighted by atomic mass is 32.2. The van der Waals surface area contributed by atoms with E-state index in [1.54, 1.807) is 12.3 Å². The number of anilines is 1. The van der Waals surface area contributed by atoms with Crippen LogP contribution in [0.25, 0.3) is 11.0 Å². The summed E-state index contributed by atoms with van der Waals surface area (Å²) in [4.78, 5) is 12.9. The summed E-state index contributed by atoms with van der Waals surface area (Å²) in [5.74, 6) is 0.118. The zero-order chi connectivity index (χ0) is 22.0. The first-order valence-corrected chi connectivity index (χ1v) is 11.8. The zero-order valence-electron chi connectivity index (χ0n) is 17.7. The molecule has 4 rings (SSSR count). The molecular weight excluding hydrogens is 416 g/mol. The number of rotatable bonds is 6. The number of aryl methyl sites for hydroxylation is 1. The average molecular weight is 443 g/mol. The average Bonchev–Trinajstić information content (AvgIpc) is 3.15. The van der Waals surface area contributed by atoms with E-state index in [-0.39, 0.29) is 17.2 Å². The summed E-state index contributed by atoms with van der Waals surface area (Å²) in [6.45, 7) is 3.01. The fourth-order valence-electron chi connectivity index (χ4n) is 3.89. The van der Waals surface area contributed by atoms with Crippen molar-refractivity contribution in [3.63, 3.8) is 0 Å². The van der Waals surface area contributed by atoms with Crippen LogP contribution in [0.3, 0.4) is 0 Å². The molecule has 7 nitrogen and oxygen atoms in total. The van der Waals surface area contributed by atoms with Crippen LogP contribution in [0.2, 0.25) is 0 Å². The molecule has 1 amide bonds. The molecule has 1 saturated heterocycles. The number of hydrogen-bond acceptors (Lipinski definition) is 5. The minimum absolute atomic E-state index is 0.0995. The summed E-state index contributed by atoms with van der Waals surface area (Å²) in [6, 6.07) is 10.4. The van der Waals surface area contributed by atoms with Gasteiger partial charge in [-0.05, 0) is 49.6 Å². The van der Waals surface area contributed by atoms with Gasteiger partial charge in [-0.1, -0.05) is 18.6 Å². The van der Waals surface area contributed by atoms with Crippen molar-refractivity contribution in [3.8, 4) is 5.75 Å². The summed E-state index contributed by atoms with van der Waals surface area (Å²) < 4.78 is 38.4. The number of piperidine rings is 1. The van der Waals surface area contributed by atoms with Gasteiger partial charge in [0.1, 0.15) is 11.3 Å². The number of methoxy groups -OCH3 is 1. The number of hydrogen-bond donors (Lipinski definition) is 1. The Bertz CT molecular complexity index is 1210. The Hall–Kier alpha value is -2.84. The van der Waals surface area contributed by atoms with Crippen molar-refractivity contribution in [2.45, 2.75) is 37.5 Å². The fraction of sp³-hybridized carbons (Fsp3) is 0.348. The molecule has 1 aromatic heterocycles. The van der Waals surface area contributed by atoms with Gasteiger partial charge in [-0.2, -0.15) is 4.31 Å². The third-order valence-electron chi connectivity index (χ3n) is 5.56. The molecular formula is C23H26N2O5S. The SMILES string of the molecule is COc1ccc(S(=O)(=O)N2CCCCC2)cc1NC(=O)Cc1coc2cc(C)ccc12. The Morgan fingerprint density at radius 2 is 1.90 bits per heavy atom. The number of fused-ring (bicyclic) bond motifs is 1. The van der Waals surface area contributed by atoms with E-state index in [2.05, 4.69) is 5.32 Å². The van der Waals surface area contributed by atoms with Crippen molar-refractivity contribution in [2.75, 3.05) is 25.5 Å². The second-order valence-electron chi connectivity index (χ2n) is 7.81. The third kappa shape index (κ3) is 4.45. The standard InChI is InChI=1S/C23H26N2O5S/c1-16-6-8-19-17(15-30-22(19)12-16)13-23(26)24-20-14-18(7-9-21(20)29-2)31(27,28)25-10-4-3-5-11-25/h6-9,12,14-15H,3-5,10-11,13H2,1-2H3,(H,24,26). The van der Waals surface area contributed by atoms with Crippen LogP contribution in [0.1, 0.15) is 30.4 Å². The highest BCUT2D eigenvalue weighted by Crippen LogP contribution is 2.30. The minimum atomic E-state index is -3.62. The Balaban J connectivity index is 1.56. The van der Waals surface area contributed by atoms with Crippen LogP contribution < -0.4 is 10.1 Å². The molecule has 31 heavy (non-hydrogen) atoms. The van der Waals surface area contributed by atoms with Crippen LogP contribution in [0, 0.1) is 6.92 Å². The van der Waals surface area contributed by atoms with Gasteiger partial charge in [0.15, 0.2) is 0 Å². The van der Waals surface area contributed by atoms with Crippen LogP contribution in [0.5, 0.6) is 5.75 Å². The monoisotopic (exact) mass is 442 g/mol. The topological polar surface area (TPSA) is 88.9 Å². The predicted molar refractivity (Wildman–Crippen MR) is 119 cm³/mol. The lowest BCUT2D eigenvalue weighted by atomic mass is 10.1. The van der Waals surface area contributed by atoms with Gasteiger partial charge in [0.25, 0.3) is 0 Å². The molecule has 1 fully saturated rings. The van der Waals surface area contributed by atoms with Crippen molar-refractivity contribution in [1.29, 1.82) is 0 Å². The number of benzene rings is 2. The molecule has 1 aliphatic heterocycles. The van der Waals surface area contributed by atoms with Gasteiger partial charge < -0.3 is 14.5 Å². The quantitative estimate of drug-likeness (QED) is 0.621. The molecule has 0 unspecified atom stereocenters. The minimum Gasteiger partial charge on any atom is -0.495 e. The first-order chi connectivity index (χ1) is 14.9. The zero-order valence-corrected chi connectivity index (χ0v) is 18.5. The molecule has 0 radical (unpaired) electrons. The van der Waals surface area contributed by atoms with Crippen molar-refractivity contribution in [1.82, 2.24) is 4.31 Å². The molecule has 2 heterocycles. The van der Waals surface area contributed by atoms with Crippen molar-refractivity contribution < 1.29 is 22.4 Å². The van der Waals surface area contributed by atoms with Crippen LogP contribution in [0.15, 0.2) is 52.0 Å². The van der Waals surface area contributed by atoms with Crippen LogP contribution in [0.4, 0.5) is 5.69 Å². The normalized spacial score (nSPS) is 15.2. The predicted octanol–water partition coefficient (Wildman–Crippen LogP) is 4.11. The molecule has 164 valence electrons. The molecule has 0 atom stereocenters. The lowest BCUT2D eigenvalue weighted by Crippen LogP contribution is -2.35. The van der Waals surface area contributed by atoms with E-state index >= 15 is 0 Å². The van der Waals surface area contributed by atoms with E-state index in [1.165, 1.54) is 23.5 Å². The summed E-state index contributed by atoms with van der Waals surface area (Å²) >= 11 is 0. The lowest BCUT2D eigenvalue weighted by molar-refractivity contribution is -0.115. The number of carbonyl (C=O) groups is 1. The van der Waals surface area contributed by atoms with E-state index in [0.717, 1.165) is 41.4 Å². The largest absolute Gasteiger partial charge is 0.495 e. The molecule has 1 N–H and O–H groups in total. The van der Waals surface area contributed by atoms with Gasteiger partial charge in [-0.15, -0.1) is 0 Å². The van der Waals surface area contributed by atoms with Gasteiger partial charge in [0.2, 0.25) is 15.9 Å². The number of furan rings is 1. The number of nitrogens with one attached hydrogen (secondary N) is 1. The molecule has 2 aromatic carbocycles. The second-order valence-corrected chi connectivity index (χ2v) is 9.75. The first-order valence-electron chi connectivity index (χ1n) is 10.3. The maximum atomic E-state index is 13.0.